The van der Waals surface area contributed by atoms with Crippen LogP contribution in [0.3, 0.4) is 0 Å². The van der Waals surface area contributed by atoms with Gasteiger partial charge in [-0.05, 0) is 42.5 Å². The Morgan fingerprint density at radius 3 is 2.34 bits per heavy atom. The summed E-state index contributed by atoms with van der Waals surface area (Å²) in [6, 6.07) is 16.4. The molecule has 0 saturated heterocycles. The highest BCUT2D eigenvalue weighted by molar-refractivity contribution is 6.30. The van der Waals surface area contributed by atoms with Crippen molar-refractivity contribution in [2.45, 2.75) is 64.3 Å². The molecular formula is C27H32ClNO6. The zero-order chi connectivity index (χ0) is 25.0. The maximum Gasteiger partial charge on any atom is 0.410 e. The molecule has 2 atom stereocenters. The Bertz CT molecular complexity index is 959. The maximum atomic E-state index is 12.9. The van der Waals surface area contributed by atoms with Crippen LogP contribution in [0.4, 0.5) is 4.79 Å². The van der Waals surface area contributed by atoms with E-state index in [0.717, 1.165) is 43.2 Å². The fraction of sp³-hybridized carbons (Fsp3) is 0.444. The third-order valence-electron chi connectivity index (χ3n) is 5.98. The standard InChI is InChI=1S/C27H32ClNO6/c1-19(34-25(30)22-10-6-3-7-11-22)35-27(32)29-17-16-24(21-12-14-23(28)15-13-21)26(31)33-18-20-8-4-2-5-9-20/h2,4-5,8-9,12-15,19,22,24H,3,6-7,10-11,16-18H2,1H3,(H,29,32). The van der Waals surface area contributed by atoms with E-state index in [4.69, 9.17) is 25.8 Å². The van der Waals surface area contributed by atoms with E-state index in [9.17, 15) is 14.4 Å². The molecule has 1 N–H and O–H groups in total. The van der Waals surface area contributed by atoms with E-state index in [1.165, 1.54) is 6.92 Å². The number of amides is 1. The number of carbonyl (C=O) groups is 3. The van der Waals surface area contributed by atoms with Crippen LogP contribution in [0.2, 0.25) is 5.02 Å². The fourth-order valence-electron chi connectivity index (χ4n) is 4.08. The smallest absolute Gasteiger partial charge is 0.410 e. The highest BCUT2D eigenvalue weighted by atomic mass is 35.5. The van der Waals surface area contributed by atoms with E-state index in [2.05, 4.69) is 5.32 Å². The number of halogens is 1. The first kappa shape index (κ1) is 26.5. The van der Waals surface area contributed by atoms with Crippen molar-refractivity contribution in [1.29, 1.82) is 0 Å². The van der Waals surface area contributed by atoms with Crippen molar-refractivity contribution in [3.05, 3.63) is 70.7 Å². The van der Waals surface area contributed by atoms with Gasteiger partial charge in [-0.15, -0.1) is 0 Å². The van der Waals surface area contributed by atoms with Gasteiger partial charge < -0.3 is 19.5 Å². The lowest BCUT2D eigenvalue weighted by atomic mass is 9.89. The molecule has 2 aromatic rings. The molecule has 0 radical (unpaired) electrons. The van der Waals surface area contributed by atoms with Crippen LogP contribution in [0.25, 0.3) is 0 Å². The summed E-state index contributed by atoms with van der Waals surface area (Å²) in [4.78, 5) is 37.3. The predicted octanol–water partition coefficient (Wildman–Crippen LogP) is 5.75. The van der Waals surface area contributed by atoms with E-state index >= 15 is 0 Å². The van der Waals surface area contributed by atoms with Gasteiger partial charge in [-0.3, -0.25) is 9.59 Å². The van der Waals surface area contributed by atoms with Crippen LogP contribution in [0.5, 0.6) is 0 Å². The molecule has 0 spiro atoms. The predicted molar refractivity (Wildman–Crippen MR) is 132 cm³/mol. The zero-order valence-corrected chi connectivity index (χ0v) is 20.7. The molecule has 7 nitrogen and oxygen atoms in total. The van der Waals surface area contributed by atoms with Gasteiger partial charge in [0.25, 0.3) is 0 Å². The summed E-state index contributed by atoms with van der Waals surface area (Å²) in [5.74, 6) is -1.45. The monoisotopic (exact) mass is 501 g/mol. The Labute approximate surface area is 211 Å². The Morgan fingerprint density at radius 1 is 0.971 bits per heavy atom. The van der Waals surface area contributed by atoms with Crippen LogP contribution in [0.1, 0.15) is 62.5 Å². The van der Waals surface area contributed by atoms with Crippen molar-refractivity contribution in [3.8, 4) is 0 Å². The normalized spacial score (nSPS) is 15.5. The molecule has 1 fully saturated rings. The van der Waals surface area contributed by atoms with Crippen molar-refractivity contribution in [1.82, 2.24) is 5.32 Å². The van der Waals surface area contributed by atoms with Crippen molar-refractivity contribution in [2.24, 2.45) is 5.92 Å². The lowest BCUT2D eigenvalue weighted by molar-refractivity contribution is -0.171. The Hall–Kier alpha value is -3.06. The van der Waals surface area contributed by atoms with Gasteiger partial charge in [0.15, 0.2) is 0 Å². The first-order valence-corrected chi connectivity index (χ1v) is 12.4. The zero-order valence-electron chi connectivity index (χ0n) is 19.9. The molecule has 0 bridgehead atoms. The van der Waals surface area contributed by atoms with Crippen LogP contribution in [0.15, 0.2) is 54.6 Å². The van der Waals surface area contributed by atoms with Gasteiger partial charge in [-0.2, -0.15) is 0 Å². The van der Waals surface area contributed by atoms with Gasteiger partial charge in [-0.25, -0.2) is 4.79 Å². The third-order valence-corrected chi connectivity index (χ3v) is 6.23. The average Bonchev–Trinajstić information content (AvgIpc) is 2.87. The first-order valence-electron chi connectivity index (χ1n) is 12.0. The summed E-state index contributed by atoms with van der Waals surface area (Å²) in [5.41, 5.74) is 1.62. The molecule has 188 valence electrons. The second-order valence-electron chi connectivity index (χ2n) is 8.66. The molecule has 0 aliphatic heterocycles. The molecule has 2 unspecified atom stereocenters. The molecule has 0 heterocycles. The average molecular weight is 502 g/mol. The van der Waals surface area contributed by atoms with Crippen LogP contribution < -0.4 is 5.32 Å². The topological polar surface area (TPSA) is 90.9 Å². The lowest BCUT2D eigenvalue weighted by Crippen LogP contribution is -2.33. The highest BCUT2D eigenvalue weighted by Crippen LogP contribution is 2.25. The number of rotatable bonds is 10. The molecule has 1 aliphatic rings. The van der Waals surface area contributed by atoms with Crippen LogP contribution in [-0.4, -0.2) is 30.9 Å². The molecule has 1 aliphatic carbocycles. The van der Waals surface area contributed by atoms with Gasteiger partial charge in [0.1, 0.15) is 6.61 Å². The molecule has 8 heteroatoms. The quantitative estimate of drug-likeness (QED) is 0.329. The van der Waals surface area contributed by atoms with E-state index in [0.29, 0.717) is 11.4 Å². The summed E-state index contributed by atoms with van der Waals surface area (Å²) in [5, 5.41) is 3.18. The SMILES string of the molecule is CC(OC(=O)NCCC(C(=O)OCc1ccccc1)c1ccc(Cl)cc1)OC(=O)C1CCCCC1. The van der Waals surface area contributed by atoms with Crippen LogP contribution >= 0.6 is 11.6 Å². The molecule has 0 aromatic heterocycles. The Kier molecular flexibility index (Phi) is 10.4. The first-order chi connectivity index (χ1) is 16.9. The van der Waals surface area contributed by atoms with E-state index in [-0.39, 0.29) is 25.0 Å². The lowest BCUT2D eigenvalue weighted by Gasteiger charge is -2.22. The number of hydrogen-bond donors (Lipinski definition) is 1. The second kappa shape index (κ2) is 13.7. The second-order valence-corrected chi connectivity index (χ2v) is 9.09. The molecule has 3 rings (SSSR count). The summed E-state index contributed by atoms with van der Waals surface area (Å²) < 4.78 is 16.0. The van der Waals surface area contributed by atoms with Crippen molar-refractivity contribution in [3.63, 3.8) is 0 Å². The Balaban J connectivity index is 1.48. The molecule has 1 amide bonds. The van der Waals surface area contributed by atoms with Gasteiger partial charge in [-0.1, -0.05) is 73.3 Å². The van der Waals surface area contributed by atoms with E-state index in [1.807, 2.05) is 30.3 Å². The number of alkyl carbamates (subject to hydrolysis) is 1. The number of hydrogen-bond acceptors (Lipinski definition) is 6. The molecule has 35 heavy (non-hydrogen) atoms. The van der Waals surface area contributed by atoms with Gasteiger partial charge >= 0.3 is 18.0 Å². The number of esters is 2. The highest BCUT2D eigenvalue weighted by Gasteiger charge is 2.26. The minimum atomic E-state index is -0.993. The number of carbonyl (C=O) groups excluding carboxylic acids is 3. The minimum absolute atomic E-state index is 0.125. The van der Waals surface area contributed by atoms with E-state index < -0.39 is 24.3 Å². The largest absolute Gasteiger partial charge is 0.460 e. The van der Waals surface area contributed by atoms with Crippen molar-refractivity contribution < 1.29 is 28.6 Å². The summed E-state index contributed by atoms with van der Waals surface area (Å²) in [6.07, 6.45) is 3.36. The number of benzene rings is 2. The fourth-order valence-corrected chi connectivity index (χ4v) is 4.20. The van der Waals surface area contributed by atoms with Crippen LogP contribution in [-0.2, 0) is 30.4 Å². The third kappa shape index (κ3) is 8.91. The molecular weight excluding hydrogens is 470 g/mol. The summed E-state index contributed by atoms with van der Waals surface area (Å²) in [7, 11) is 0. The Morgan fingerprint density at radius 2 is 1.66 bits per heavy atom. The van der Waals surface area contributed by atoms with Crippen molar-refractivity contribution in [2.75, 3.05) is 6.54 Å². The number of nitrogens with one attached hydrogen (secondary N) is 1. The van der Waals surface area contributed by atoms with Gasteiger partial charge in [0.05, 0.1) is 11.8 Å². The van der Waals surface area contributed by atoms with Crippen LogP contribution in [0, 0.1) is 5.92 Å². The van der Waals surface area contributed by atoms with E-state index in [1.54, 1.807) is 24.3 Å². The number of ether oxygens (including phenoxy) is 3. The van der Waals surface area contributed by atoms with Crippen molar-refractivity contribution >= 4 is 29.6 Å². The molecule has 1 saturated carbocycles. The van der Waals surface area contributed by atoms with Gasteiger partial charge in [0, 0.05) is 18.5 Å². The minimum Gasteiger partial charge on any atom is -0.460 e. The summed E-state index contributed by atoms with van der Waals surface area (Å²) >= 11 is 5.99. The maximum absolute atomic E-state index is 12.9. The summed E-state index contributed by atoms with van der Waals surface area (Å²) in [6.45, 7) is 1.83. The molecule has 2 aromatic carbocycles. The van der Waals surface area contributed by atoms with Gasteiger partial charge in [0.2, 0.25) is 6.29 Å².